The number of hydrogen-bond acceptors (Lipinski definition) is 5. The number of benzene rings is 1. The minimum Gasteiger partial charge on any atom is -0.409 e. The fraction of sp³-hybridized carbons (Fsp3) is 0.500. The second-order valence-electron chi connectivity index (χ2n) is 5.60. The van der Waals surface area contributed by atoms with E-state index < -0.39 is 11.9 Å². The Bertz CT molecular complexity index is 536. The molecule has 6 nitrogen and oxygen atoms in total. The maximum absolute atomic E-state index is 13.4. The molecule has 1 aromatic rings. The summed E-state index contributed by atoms with van der Waals surface area (Å²) >= 11 is 0. The van der Waals surface area contributed by atoms with E-state index in [0.29, 0.717) is 24.2 Å². The molecule has 2 atom stereocenters. The summed E-state index contributed by atoms with van der Waals surface area (Å²) in [5.74, 6) is -0.598. The van der Waals surface area contributed by atoms with Crippen LogP contribution in [0.4, 0.5) is 10.1 Å². The van der Waals surface area contributed by atoms with Crippen LogP contribution < -0.4 is 10.6 Å². The van der Waals surface area contributed by atoms with Crippen LogP contribution in [0.5, 0.6) is 0 Å². The maximum Gasteiger partial charge on any atom is 0.172 e. The average molecular weight is 296 g/mol. The number of oxime groups is 1. The number of β-amino-alcohol motifs (C(OH)–C–C–N with tert-alkyl or cyclic N) is 1. The molecular formula is C14H21FN4O2. The fourth-order valence-electron chi connectivity index (χ4n) is 2.80. The average Bonchev–Trinajstić information content (AvgIpc) is 2.77. The third-order valence-corrected chi connectivity index (χ3v) is 3.62. The topological polar surface area (TPSA) is 85.3 Å². The Kier molecular flexibility index (Phi) is 4.64. The largest absolute Gasteiger partial charge is 0.409 e. The normalized spacial score (nSPS) is 23.1. The van der Waals surface area contributed by atoms with Crippen LogP contribution in [0.3, 0.4) is 0 Å². The Balaban J connectivity index is 2.39. The van der Waals surface area contributed by atoms with Gasteiger partial charge in [0.05, 0.1) is 6.10 Å². The van der Waals surface area contributed by atoms with Gasteiger partial charge in [-0.3, -0.25) is 0 Å². The second-order valence-corrected chi connectivity index (χ2v) is 5.60. The number of rotatable bonds is 4. The Morgan fingerprint density at radius 3 is 2.86 bits per heavy atom. The molecule has 4 N–H and O–H groups in total. The molecule has 0 aromatic heterocycles. The van der Waals surface area contributed by atoms with Crippen molar-refractivity contribution >= 4 is 11.5 Å². The first-order chi connectivity index (χ1) is 9.92. The van der Waals surface area contributed by atoms with Gasteiger partial charge in [-0.1, -0.05) is 5.16 Å². The van der Waals surface area contributed by atoms with E-state index in [1.807, 2.05) is 23.9 Å². The number of hydrogen-bond donors (Lipinski definition) is 3. The first-order valence-corrected chi connectivity index (χ1v) is 6.79. The zero-order chi connectivity index (χ0) is 15.6. The van der Waals surface area contributed by atoms with E-state index in [1.165, 1.54) is 12.1 Å². The van der Waals surface area contributed by atoms with Crippen molar-refractivity contribution in [2.75, 3.05) is 32.1 Å². The van der Waals surface area contributed by atoms with Crippen LogP contribution in [0.15, 0.2) is 23.4 Å². The van der Waals surface area contributed by atoms with Crippen LogP contribution in [0.1, 0.15) is 12.0 Å². The summed E-state index contributed by atoms with van der Waals surface area (Å²) in [5, 5.41) is 21.8. The predicted octanol–water partition coefficient (Wildman–Crippen LogP) is 0.421. The van der Waals surface area contributed by atoms with Crippen molar-refractivity contribution in [3.05, 3.63) is 29.6 Å². The molecule has 1 aliphatic heterocycles. The molecule has 0 bridgehead atoms. The Labute approximate surface area is 123 Å². The second kappa shape index (κ2) is 6.28. The molecule has 1 heterocycles. The van der Waals surface area contributed by atoms with Crippen molar-refractivity contribution in [1.82, 2.24) is 4.90 Å². The maximum atomic E-state index is 13.4. The van der Waals surface area contributed by atoms with Crippen molar-refractivity contribution in [2.24, 2.45) is 10.9 Å². The minimum absolute atomic E-state index is 0.0886. The molecule has 2 unspecified atom stereocenters. The van der Waals surface area contributed by atoms with Gasteiger partial charge in [-0.15, -0.1) is 0 Å². The molecule has 7 heteroatoms. The lowest BCUT2D eigenvalue weighted by Gasteiger charge is -2.30. The number of likely N-dealkylation sites (N-methyl/N-ethyl adjacent to an activating group) is 1. The summed E-state index contributed by atoms with van der Waals surface area (Å²) in [6, 6.07) is 4.26. The quantitative estimate of drug-likeness (QED) is 0.324. The smallest absolute Gasteiger partial charge is 0.172 e. The molecule has 2 rings (SSSR count). The van der Waals surface area contributed by atoms with Gasteiger partial charge in [-0.05, 0) is 38.7 Å². The fourth-order valence-corrected chi connectivity index (χ4v) is 2.80. The highest BCUT2D eigenvalue weighted by Gasteiger charge is 2.33. The van der Waals surface area contributed by atoms with Gasteiger partial charge in [-0.25, -0.2) is 4.39 Å². The number of aliphatic hydroxyl groups is 1. The first kappa shape index (κ1) is 15.5. The minimum atomic E-state index is -0.454. The van der Waals surface area contributed by atoms with Crippen molar-refractivity contribution in [2.45, 2.75) is 18.6 Å². The van der Waals surface area contributed by atoms with Crippen LogP contribution in [0.25, 0.3) is 0 Å². The molecule has 1 saturated heterocycles. The van der Waals surface area contributed by atoms with Crippen molar-refractivity contribution in [3.8, 4) is 0 Å². The number of anilines is 1. The highest BCUT2D eigenvalue weighted by molar-refractivity contribution is 6.02. The van der Waals surface area contributed by atoms with E-state index >= 15 is 0 Å². The summed E-state index contributed by atoms with van der Waals surface area (Å²) in [4.78, 5) is 4.01. The van der Waals surface area contributed by atoms with Crippen molar-refractivity contribution in [3.63, 3.8) is 0 Å². The van der Waals surface area contributed by atoms with Gasteiger partial charge < -0.3 is 25.8 Å². The zero-order valence-electron chi connectivity index (χ0n) is 12.2. The summed E-state index contributed by atoms with van der Waals surface area (Å²) < 4.78 is 13.4. The van der Waals surface area contributed by atoms with Crippen LogP contribution >= 0.6 is 0 Å². The molecule has 21 heavy (non-hydrogen) atoms. The highest BCUT2D eigenvalue weighted by atomic mass is 19.1. The first-order valence-electron chi connectivity index (χ1n) is 6.79. The van der Waals surface area contributed by atoms with Gasteiger partial charge in [0.2, 0.25) is 0 Å². The molecule has 0 spiro atoms. The summed E-state index contributed by atoms with van der Waals surface area (Å²) in [6.07, 6.45) is 0.186. The highest BCUT2D eigenvalue weighted by Crippen LogP contribution is 2.29. The van der Waals surface area contributed by atoms with E-state index in [4.69, 9.17) is 10.9 Å². The molecule has 1 aliphatic rings. The van der Waals surface area contributed by atoms with Gasteiger partial charge in [0.1, 0.15) is 5.82 Å². The molecule has 0 radical (unpaired) electrons. The zero-order valence-corrected chi connectivity index (χ0v) is 12.2. The number of nitrogens with zero attached hydrogens (tertiary/aromatic N) is 3. The van der Waals surface area contributed by atoms with Crippen LogP contribution in [0.2, 0.25) is 0 Å². The van der Waals surface area contributed by atoms with Gasteiger partial charge in [0.15, 0.2) is 5.84 Å². The third-order valence-electron chi connectivity index (χ3n) is 3.62. The Morgan fingerprint density at radius 2 is 2.24 bits per heavy atom. The Morgan fingerprint density at radius 1 is 1.52 bits per heavy atom. The standard InChI is InChI=1S/C14H21FN4O2/c1-18(2)7-10-6-11(20)8-19(10)13-4-3-9(15)5-12(13)14(16)17-21/h3-5,10-11,20-21H,6-8H2,1-2H3,(H2,16,17). The molecule has 0 aliphatic carbocycles. The lowest BCUT2D eigenvalue weighted by atomic mass is 10.1. The van der Waals surface area contributed by atoms with E-state index in [-0.39, 0.29) is 11.9 Å². The lowest BCUT2D eigenvalue weighted by Crippen LogP contribution is -2.38. The SMILES string of the molecule is CN(C)CC1CC(O)CN1c1ccc(F)cc1C(N)=NO. The van der Waals surface area contributed by atoms with E-state index in [2.05, 4.69) is 5.16 Å². The van der Waals surface area contributed by atoms with E-state index in [1.54, 1.807) is 6.07 Å². The lowest BCUT2D eigenvalue weighted by molar-refractivity contribution is 0.191. The summed E-state index contributed by atoms with van der Waals surface area (Å²) in [7, 11) is 3.91. The number of aliphatic hydroxyl groups excluding tert-OH is 1. The molecule has 1 fully saturated rings. The van der Waals surface area contributed by atoms with E-state index in [0.717, 1.165) is 6.54 Å². The number of halogens is 1. The predicted molar refractivity (Wildman–Crippen MR) is 79.2 cm³/mol. The Hall–Kier alpha value is -1.86. The van der Waals surface area contributed by atoms with Gasteiger partial charge in [-0.2, -0.15) is 0 Å². The summed E-state index contributed by atoms with van der Waals surface area (Å²) in [6.45, 7) is 1.19. The van der Waals surface area contributed by atoms with Gasteiger partial charge in [0, 0.05) is 30.4 Å². The van der Waals surface area contributed by atoms with E-state index in [9.17, 15) is 9.50 Å². The molecule has 0 saturated carbocycles. The van der Waals surface area contributed by atoms with Crippen LogP contribution in [-0.4, -0.2) is 60.4 Å². The third kappa shape index (κ3) is 3.43. The van der Waals surface area contributed by atoms with Gasteiger partial charge >= 0.3 is 0 Å². The molecule has 0 amide bonds. The van der Waals surface area contributed by atoms with Gasteiger partial charge in [0.25, 0.3) is 0 Å². The summed E-state index contributed by atoms with van der Waals surface area (Å²) in [5.41, 5.74) is 6.64. The number of amidine groups is 1. The van der Waals surface area contributed by atoms with Crippen molar-refractivity contribution in [1.29, 1.82) is 0 Å². The molecule has 1 aromatic carbocycles. The monoisotopic (exact) mass is 296 g/mol. The molecule has 116 valence electrons. The molecular weight excluding hydrogens is 275 g/mol. The van der Waals surface area contributed by atoms with Crippen molar-refractivity contribution < 1.29 is 14.7 Å². The van der Waals surface area contributed by atoms with Crippen LogP contribution in [0, 0.1) is 5.82 Å². The van der Waals surface area contributed by atoms with Crippen LogP contribution in [-0.2, 0) is 0 Å². The number of nitrogens with two attached hydrogens (primary N) is 1.